The average Bonchev–Trinajstić information content (AvgIpc) is 2.53. The summed E-state index contributed by atoms with van der Waals surface area (Å²) >= 11 is 0. The molecule has 0 aliphatic heterocycles. The van der Waals surface area contributed by atoms with E-state index in [4.69, 9.17) is 5.11 Å². The molecule has 0 fully saturated rings. The fourth-order valence-electron chi connectivity index (χ4n) is 2.10. The predicted octanol–water partition coefficient (Wildman–Crippen LogP) is 5.04. The number of unbranched alkanes of at least 4 members (excludes halogenated alkanes) is 7. The second kappa shape index (κ2) is 16.8. The van der Waals surface area contributed by atoms with Gasteiger partial charge in [0.15, 0.2) is 6.61 Å². The van der Waals surface area contributed by atoms with E-state index < -0.39 is 18.5 Å². The van der Waals surface area contributed by atoms with Crippen molar-refractivity contribution in [2.24, 2.45) is 0 Å². The maximum Gasteiger partial charge on any atom is 0.341 e. The SMILES string of the molecule is CCCC/C=C\C/C=C\CCCCCCCC(=O)OCC(=O)O. The van der Waals surface area contributed by atoms with Crippen molar-refractivity contribution < 1.29 is 19.4 Å². The second-order valence-corrected chi connectivity index (χ2v) is 5.68. The summed E-state index contributed by atoms with van der Waals surface area (Å²) in [6.07, 6.45) is 20.4. The first-order valence-electron chi connectivity index (χ1n) is 8.84. The van der Waals surface area contributed by atoms with Crippen LogP contribution in [0.25, 0.3) is 0 Å². The first-order valence-corrected chi connectivity index (χ1v) is 8.84. The third kappa shape index (κ3) is 18.4. The van der Waals surface area contributed by atoms with Crippen molar-refractivity contribution in [1.29, 1.82) is 0 Å². The third-order valence-corrected chi connectivity index (χ3v) is 3.44. The summed E-state index contributed by atoms with van der Waals surface area (Å²) in [5.74, 6) is -1.52. The minimum absolute atomic E-state index is 0.317. The Morgan fingerprint density at radius 2 is 1.48 bits per heavy atom. The van der Waals surface area contributed by atoms with Gasteiger partial charge in [-0.2, -0.15) is 0 Å². The van der Waals surface area contributed by atoms with E-state index >= 15 is 0 Å². The van der Waals surface area contributed by atoms with Gasteiger partial charge in [-0.25, -0.2) is 4.79 Å². The lowest BCUT2D eigenvalue weighted by Crippen LogP contribution is -2.12. The standard InChI is InChI=1S/C19H32O4/c1-2-3-4-5-6-7-8-9-10-11-12-13-14-15-16-19(22)23-17-18(20)21/h5-6,8-9H,2-4,7,10-17H2,1H3,(H,20,21)/b6-5-,9-8-. The summed E-state index contributed by atoms with van der Waals surface area (Å²) in [5.41, 5.74) is 0. The van der Waals surface area contributed by atoms with Crippen molar-refractivity contribution in [3.8, 4) is 0 Å². The summed E-state index contributed by atoms with van der Waals surface area (Å²) in [7, 11) is 0. The number of ether oxygens (including phenoxy) is 1. The second-order valence-electron chi connectivity index (χ2n) is 5.68. The summed E-state index contributed by atoms with van der Waals surface area (Å²) in [4.78, 5) is 21.4. The van der Waals surface area contributed by atoms with E-state index in [0.717, 1.165) is 32.1 Å². The van der Waals surface area contributed by atoms with Crippen LogP contribution in [0, 0.1) is 0 Å². The zero-order valence-corrected chi connectivity index (χ0v) is 14.5. The monoisotopic (exact) mass is 324 g/mol. The minimum atomic E-state index is -1.11. The number of esters is 1. The molecule has 4 heteroatoms. The molecule has 4 nitrogen and oxygen atoms in total. The molecule has 23 heavy (non-hydrogen) atoms. The van der Waals surface area contributed by atoms with Gasteiger partial charge in [0.2, 0.25) is 0 Å². The Bertz CT molecular complexity index is 358. The van der Waals surface area contributed by atoms with Crippen LogP contribution in [0.3, 0.4) is 0 Å². The number of allylic oxidation sites excluding steroid dienone is 4. The molecule has 0 saturated heterocycles. The zero-order valence-electron chi connectivity index (χ0n) is 14.5. The first kappa shape index (κ1) is 21.4. The Balaban J connectivity index is 3.28. The van der Waals surface area contributed by atoms with Gasteiger partial charge < -0.3 is 9.84 Å². The highest BCUT2D eigenvalue weighted by Crippen LogP contribution is 2.08. The normalized spacial score (nSPS) is 11.3. The molecule has 0 bridgehead atoms. The van der Waals surface area contributed by atoms with E-state index in [1.54, 1.807) is 0 Å². The maximum atomic E-state index is 11.2. The fraction of sp³-hybridized carbons (Fsp3) is 0.684. The molecular weight excluding hydrogens is 292 g/mol. The number of carbonyl (C=O) groups excluding carboxylic acids is 1. The van der Waals surface area contributed by atoms with Crippen LogP contribution in [0.15, 0.2) is 24.3 Å². The number of carboxylic acids is 1. The Kier molecular flexibility index (Phi) is 15.6. The highest BCUT2D eigenvalue weighted by molar-refractivity contribution is 5.75. The van der Waals surface area contributed by atoms with Gasteiger partial charge in [-0.15, -0.1) is 0 Å². The molecule has 0 aromatic rings. The molecule has 0 aliphatic rings. The molecule has 0 aliphatic carbocycles. The molecule has 0 aromatic heterocycles. The van der Waals surface area contributed by atoms with E-state index in [2.05, 4.69) is 36.0 Å². The van der Waals surface area contributed by atoms with Gasteiger partial charge in [0.25, 0.3) is 0 Å². The number of hydrogen-bond acceptors (Lipinski definition) is 3. The van der Waals surface area contributed by atoms with Gasteiger partial charge in [0, 0.05) is 6.42 Å². The summed E-state index contributed by atoms with van der Waals surface area (Å²) in [6.45, 7) is 1.68. The van der Waals surface area contributed by atoms with Crippen LogP contribution in [-0.4, -0.2) is 23.7 Å². The van der Waals surface area contributed by atoms with Gasteiger partial charge in [-0.05, 0) is 32.1 Å². The van der Waals surface area contributed by atoms with Crippen molar-refractivity contribution in [3.05, 3.63) is 24.3 Å². The summed E-state index contributed by atoms with van der Waals surface area (Å²) < 4.78 is 4.56. The molecule has 0 rings (SSSR count). The molecule has 0 spiro atoms. The average molecular weight is 324 g/mol. The number of aliphatic carboxylic acids is 1. The molecule has 0 atom stereocenters. The van der Waals surface area contributed by atoms with Gasteiger partial charge in [-0.3, -0.25) is 4.79 Å². The Labute approximate surface area is 140 Å². The van der Waals surface area contributed by atoms with Crippen molar-refractivity contribution >= 4 is 11.9 Å². The zero-order chi connectivity index (χ0) is 17.2. The Hall–Kier alpha value is -1.58. The van der Waals surface area contributed by atoms with E-state index in [-0.39, 0.29) is 0 Å². The first-order chi connectivity index (χ1) is 11.2. The van der Waals surface area contributed by atoms with Gasteiger partial charge in [0.05, 0.1) is 0 Å². The molecule has 0 saturated carbocycles. The molecule has 0 unspecified atom stereocenters. The van der Waals surface area contributed by atoms with E-state index in [1.165, 1.54) is 32.1 Å². The Morgan fingerprint density at radius 1 is 0.870 bits per heavy atom. The van der Waals surface area contributed by atoms with Crippen LogP contribution in [-0.2, 0) is 14.3 Å². The van der Waals surface area contributed by atoms with Crippen LogP contribution >= 0.6 is 0 Å². The van der Waals surface area contributed by atoms with E-state index in [0.29, 0.717) is 6.42 Å². The lowest BCUT2D eigenvalue weighted by atomic mass is 10.1. The number of carbonyl (C=O) groups is 2. The molecule has 0 amide bonds. The molecule has 132 valence electrons. The number of rotatable bonds is 15. The topological polar surface area (TPSA) is 63.6 Å². The predicted molar refractivity (Wildman–Crippen MR) is 93.3 cm³/mol. The van der Waals surface area contributed by atoms with Gasteiger partial charge in [0.1, 0.15) is 0 Å². The Morgan fingerprint density at radius 3 is 2.13 bits per heavy atom. The van der Waals surface area contributed by atoms with Crippen LogP contribution in [0.5, 0.6) is 0 Å². The van der Waals surface area contributed by atoms with E-state index in [1.807, 2.05) is 0 Å². The fourth-order valence-corrected chi connectivity index (χ4v) is 2.10. The van der Waals surface area contributed by atoms with Crippen molar-refractivity contribution in [2.45, 2.75) is 77.6 Å². The van der Waals surface area contributed by atoms with Crippen LogP contribution in [0.2, 0.25) is 0 Å². The van der Waals surface area contributed by atoms with Crippen molar-refractivity contribution in [3.63, 3.8) is 0 Å². The highest BCUT2D eigenvalue weighted by atomic mass is 16.5. The molecule has 0 heterocycles. The minimum Gasteiger partial charge on any atom is -0.479 e. The van der Waals surface area contributed by atoms with Gasteiger partial charge in [-0.1, -0.05) is 63.3 Å². The van der Waals surface area contributed by atoms with Crippen LogP contribution in [0.4, 0.5) is 0 Å². The summed E-state index contributed by atoms with van der Waals surface area (Å²) in [5, 5.41) is 8.37. The van der Waals surface area contributed by atoms with Crippen molar-refractivity contribution in [1.82, 2.24) is 0 Å². The number of carboxylic acid groups (broad SMARTS) is 1. The maximum absolute atomic E-state index is 11.2. The summed E-state index contributed by atoms with van der Waals surface area (Å²) in [6, 6.07) is 0. The van der Waals surface area contributed by atoms with Crippen LogP contribution in [0.1, 0.15) is 77.6 Å². The number of hydrogen-bond donors (Lipinski definition) is 1. The largest absolute Gasteiger partial charge is 0.479 e. The molecule has 0 radical (unpaired) electrons. The highest BCUT2D eigenvalue weighted by Gasteiger charge is 2.05. The molecular formula is C19H32O4. The van der Waals surface area contributed by atoms with Crippen LogP contribution < -0.4 is 0 Å². The quantitative estimate of drug-likeness (QED) is 0.260. The lowest BCUT2D eigenvalue weighted by molar-refractivity contribution is -0.155. The molecule has 0 aromatic carbocycles. The van der Waals surface area contributed by atoms with Crippen molar-refractivity contribution in [2.75, 3.05) is 6.61 Å². The lowest BCUT2D eigenvalue weighted by Gasteiger charge is -2.02. The third-order valence-electron chi connectivity index (χ3n) is 3.44. The smallest absolute Gasteiger partial charge is 0.341 e. The van der Waals surface area contributed by atoms with Gasteiger partial charge >= 0.3 is 11.9 Å². The molecule has 1 N–H and O–H groups in total. The van der Waals surface area contributed by atoms with E-state index in [9.17, 15) is 9.59 Å².